The average molecular weight is 311 g/mol. The number of rotatable bonds is 2. The third-order valence-corrected chi connectivity index (χ3v) is 2.75. The molecule has 0 fully saturated rings. The van der Waals surface area contributed by atoms with Crippen LogP contribution in [-0.2, 0) is 0 Å². The molecule has 0 aliphatic heterocycles. The predicted molar refractivity (Wildman–Crippen MR) is 58.5 cm³/mol. The van der Waals surface area contributed by atoms with E-state index < -0.39 is 12.2 Å². The van der Waals surface area contributed by atoms with Crippen molar-refractivity contribution in [3.63, 3.8) is 0 Å². The van der Waals surface area contributed by atoms with Crippen molar-refractivity contribution in [3.05, 3.63) is 26.8 Å². The van der Waals surface area contributed by atoms with Crippen LogP contribution in [0, 0.1) is 3.57 Å². The van der Waals surface area contributed by atoms with Crippen LogP contribution in [0.25, 0.3) is 0 Å². The summed E-state index contributed by atoms with van der Waals surface area (Å²) in [5, 5.41) is 0. The molecule has 2 nitrogen and oxygen atoms in total. The topological polar surface area (TPSA) is 43.1 Å². The Kier molecular flexibility index (Phi) is 3.41. The SMILES string of the molecule is CC(=O)c1c(C(F)F)ccc(I)c1N. The third-order valence-electron chi connectivity index (χ3n) is 1.81. The number of hydrogen-bond acceptors (Lipinski definition) is 2. The summed E-state index contributed by atoms with van der Waals surface area (Å²) >= 11 is 1.90. The van der Waals surface area contributed by atoms with Crippen LogP contribution in [0.4, 0.5) is 14.5 Å². The van der Waals surface area contributed by atoms with Gasteiger partial charge in [-0.1, -0.05) is 6.07 Å². The molecule has 5 heteroatoms. The Morgan fingerprint density at radius 2 is 2.07 bits per heavy atom. The fraction of sp³-hybridized carbons (Fsp3) is 0.222. The first-order valence-electron chi connectivity index (χ1n) is 3.82. The molecule has 76 valence electrons. The summed E-state index contributed by atoms with van der Waals surface area (Å²) in [7, 11) is 0. The Bertz CT molecular complexity index is 379. The minimum absolute atomic E-state index is 0.0631. The molecule has 0 heterocycles. The normalized spacial score (nSPS) is 10.6. The van der Waals surface area contributed by atoms with Gasteiger partial charge in [0, 0.05) is 9.13 Å². The minimum atomic E-state index is -2.67. The maximum atomic E-state index is 12.5. The van der Waals surface area contributed by atoms with Crippen LogP contribution >= 0.6 is 22.6 Å². The van der Waals surface area contributed by atoms with E-state index in [1.54, 1.807) is 0 Å². The molecule has 0 amide bonds. The molecule has 1 rings (SSSR count). The minimum Gasteiger partial charge on any atom is -0.397 e. The maximum absolute atomic E-state index is 12.5. The lowest BCUT2D eigenvalue weighted by molar-refractivity contribution is 0.1000. The zero-order valence-corrected chi connectivity index (χ0v) is 9.51. The van der Waals surface area contributed by atoms with E-state index in [1.165, 1.54) is 19.1 Å². The molecule has 0 aliphatic carbocycles. The highest BCUT2D eigenvalue weighted by Crippen LogP contribution is 2.30. The molecule has 1 aromatic rings. The van der Waals surface area contributed by atoms with Crippen molar-refractivity contribution < 1.29 is 13.6 Å². The second kappa shape index (κ2) is 4.20. The quantitative estimate of drug-likeness (QED) is 0.518. The van der Waals surface area contributed by atoms with Crippen LogP contribution in [0.1, 0.15) is 29.3 Å². The number of carbonyl (C=O) groups excluding carboxylic acids is 1. The highest BCUT2D eigenvalue weighted by Gasteiger charge is 2.19. The van der Waals surface area contributed by atoms with Gasteiger partial charge in [-0.15, -0.1) is 0 Å². The standard InChI is InChI=1S/C9H8F2INO/c1-4(14)7-5(9(10)11)2-3-6(12)8(7)13/h2-3,9H,13H2,1H3. The highest BCUT2D eigenvalue weighted by molar-refractivity contribution is 14.1. The van der Waals surface area contributed by atoms with Crippen molar-refractivity contribution in [2.45, 2.75) is 13.3 Å². The van der Waals surface area contributed by atoms with E-state index in [0.29, 0.717) is 3.57 Å². The van der Waals surface area contributed by atoms with Gasteiger partial charge in [0.25, 0.3) is 6.43 Å². The molecule has 0 aliphatic rings. The lowest BCUT2D eigenvalue weighted by Gasteiger charge is -2.10. The number of anilines is 1. The Labute approximate surface area is 93.6 Å². The second-order valence-corrected chi connectivity index (χ2v) is 3.94. The number of hydrogen-bond donors (Lipinski definition) is 1. The second-order valence-electron chi connectivity index (χ2n) is 2.78. The van der Waals surface area contributed by atoms with Crippen molar-refractivity contribution in [2.75, 3.05) is 5.73 Å². The Morgan fingerprint density at radius 3 is 2.50 bits per heavy atom. The molecule has 2 N–H and O–H groups in total. The molecule has 0 radical (unpaired) electrons. The average Bonchev–Trinajstić information content (AvgIpc) is 2.08. The summed E-state index contributed by atoms with van der Waals surface area (Å²) in [5.41, 5.74) is 5.34. The number of Topliss-reactive ketones (excluding diaryl/α,β-unsaturated/α-hetero) is 1. The monoisotopic (exact) mass is 311 g/mol. The van der Waals surface area contributed by atoms with E-state index in [4.69, 9.17) is 5.73 Å². The van der Waals surface area contributed by atoms with Crippen molar-refractivity contribution in [2.24, 2.45) is 0 Å². The van der Waals surface area contributed by atoms with Gasteiger partial charge in [0.2, 0.25) is 0 Å². The van der Waals surface area contributed by atoms with Crippen LogP contribution in [0.5, 0.6) is 0 Å². The van der Waals surface area contributed by atoms with Crippen molar-refractivity contribution in [3.8, 4) is 0 Å². The van der Waals surface area contributed by atoms with Gasteiger partial charge < -0.3 is 5.73 Å². The first kappa shape index (κ1) is 11.4. The van der Waals surface area contributed by atoms with E-state index in [2.05, 4.69) is 0 Å². The number of nitrogen functional groups attached to an aromatic ring is 1. The van der Waals surface area contributed by atoms with Crippen LogP contribution in [0.15, 0.2) is 12.1 Å². The Hall–Kier alpha value is -0.720. The molecular weight excluding hydrogens is 303 g/mol. The van der Waals surface area contributed by atoms with Crippen molar-refractivity contribution in [1.29, 1.82) is 0 Å². The highest BCUT2D eigenvalue weighted by atomic mass is 127. The van der Waals surface area contributed by atoms with Crippen LogP contribution in [0.2, 0.25) is 0 Å². The van der Waals surface area contributed by atoms with E-state index in [0.717, 1.165) is 0 Å². The largest absolute Gasteiger partial charge is 0.397 e. The number of carbonyl (C=O) groups is 1. The fourth-order valence-corrected chi connectivity index (χ4v) is 1.64. The van der Waals surface area contributed by atoms with E-state index in [-0.39, 0.29) is 16.8 Å². The van der Waals surface area contributed by atoms with Gasteiger partial charge in [-0.2, -0.15) is 0 Å². The number of alkyl halides is 2. The van der Waals surface area contributed by atoms with Gasteiger partial charge in [0.1, 0.15) is 0 Å². The molecule has 0 aromatic heterocycles. The molecule has 14 heavy (non-hydrogen) atoms. The van der Waals surface area contributed by atoms with Crippen LogP contribution in [0.3, 0.4) is 0 Å². The van der Waals surface area contributed by atoms with Crippen LogP contribution in [-0.4, -0.2) is 5.78 Å². The maximum Gasteiger partial charge on any atom is 0.264 e. The zero-order valence-electron chi connectivity index (χ0n) is 7.35. The summed E-state index contributed by atoms with van der Waals surface area (Å²) in [6.07, 6.45) is -2.67. The number of nitrogens with two attached hydrogens (primary N) is 1. The Balaban J connectivity index is 3.45. The zero-order chi connectivity index (χ0) is 10.9. The fourth-order valence-electron chi connectivity index (χ4n) is 1.19. The lowest BCUT2D eigenvalue weighted by atomic mass is 10.0. The van der Waals surface area contributed by atoms with Crippen molar-refractivity contribution in [1.82, 2.24) is 0 Å². The molecule has 0 saturated heterocycles. The van der Waals surface area contributed by atoms with E-state index in [1.807, 2.05) is 22.6 Å². The number of halogens is 3. The molecule has 0 bridgehead atoms. The van der Waals surface area contributed by atoms with Gasteiger partial charge in [-0.3, -0.25) is 4.79 Å². The first-order valence-corrected chi connectivity index (χ1v) is 4.90. The molecule has 1 aromatic carbocycles. The third kappa shape index (κ3) is 2.02. The van der Waals surface area contributed by atoms with Gasteiger partial charge in [0.05, 0.1) is 11.3 Å². The van der Waals surface area contributed by atoms with Gasteiger partial charge in [-0.05, 0) is 35.6 Å². The number of ketones is 1. The summed E-state index contributed by atoms with van der Waals surface area (Å²) in [5.74, 6) is -0.434. The molecule has 0 spiro atoms. The lowest BCUT2D eigenvalue weighted by Crippen LogP contribution is -2.07. The van der Waals surface area contributed by atoms with E-state index in [9.17, 15) is 13.6 Å². The smallest absolute Gasteiger partial charge is 0.264 e. The van der Waals surface area contributed by atoms with Crippen molar-refractivity contribution >= 4 is 34.1 Å². The molecular formula is C9H8F2INO. The molecule has 0 saturated carbocycles. The first-order chi connectivity index (χ1) is 6.45. The summed E-state index contributed by atoms with van der Waals surface area (Å²) in [4.78, 5) is 11.1. The van der Waals surface area contributed by atoms with Gasteiger partial charge >= 0.3 is 0 Å². The van der Waals surface area contributed by atoms with Crippen LogP contribution < -0.4 is 5.73 Å². The molecule has 0 unspecified atom stereocenters. The van der Waals surface area contributed by atoms with Gasteiger partial charge in [0.15, 0.2) is 5.78 Å². The Morgan fingerprint density at radius 1 is 1.50 bits per heavy atom. The summed E-state index contributed by atoms with van der Waals surface area (Å²) < 4.78 is 25.6. The summed E-state index contributed by atoms with van der Waals surface area (Å²) in [6, 6.07) is 2.71. The predicted octanol–water partition coefficient (Wildman–Crippen LogP) is 3.01. The molecule has 0 atom stereocenters. The van der Waals surface area contributed by atoms with E-state index >= 15 is 0 Å². The number of benzene rings is 1. The van der Waals surface area contributed by atoms with Gasteiger partial charge in [-0.25, -0.2) is 8.78 Å². The summed E-state index contributed by atoms with van der Waals surface area (Å²) in [6.45, 7) is 1.23.